The summed E-state index contributed by atoms with van der Waals surface area (Å²) in [5.41, 5.74) is 0.188. The van der Waals surface area contributed by atoms with Crippen LogP contribution < -0.4 is 0 Å². The van der Waals surface area contributed by atoms with Crippen molar-refractivity contribution in [1.82, 2.24) is 14.5 Å². The smallest absolute Gasteiger partial charge is 0.326 e. The van der Waals surface area contributed by atoms with Crippen molar-refractivity contribution in [3.8, 4) is 0 Å². The number of hydrogen-bond acceptors (Lipinski definition) is 4. The van der Waals surface area contributed by atoms with Crippen LogP contribution in [0.25, 0.3) is 0 Å². The van der Waals surface area contributed by atoms with Crippen molar-refractivity contribution >= 4 is 11.9 Å². The van der Waals surface area contributed by atoms with Crippen molar-refractivity contribution in [3.63, 3.8) is 0 Å². The second-order valence-electron chi connectivity index (χ2n) is 4.13. The van der Waals surface area contributed by atoms with Crippen LogP contribution in [0.15, 0.2) is 12.5 Å². The molecule has 1 aliphatic heterocycles. The Kier molecular flexibility index (Phi) is 2.84. The minimum Gasteiger partial charge on any atom is -0.480 e. The molecule has 17 heavy (non-hydrogen) atoms. The number of aromatic nitrogens is 2. The number of rotatable bonds is 2. The van der Waals surface area contributed by atoms with Gasteiger partial charge >= 0.3 is 5.97 Å². The van der Waals surface area contributed by atoms with E-state index in [4.69, 9.17) is 5.11 Å². The Morgan fingerprint density at radius 3 is 2.76 bits per heavy atom. The van der Waals surface area contributed by atoms with E-state index in [1.165, 1.54) is 12.5 Å². The third-order valence-electron chi connectivity index (χ3n) is 2.75. The Bertz CT molecular complexity index is 456. The number of carboxylic acid groups (broad SMARTS) is 1. The van der Waals surface area contributed by atoms with E-state index in [1.54, 1.807) is 11.6 Å². The minimum absolute atomic E-state index is 0.0341. The molecule has 1 aromatic heterocycles. The molecule has 1 aliphatic rings. The number of imidazole rings is 1. The Labute approximate surface area is 97.3 Å². The van der Waals surface area contributed by atoms with Crippen LogP contribution in [-0.2, 0) is 11.8 Å². The van der Waals surface area contributed by atoms with Crippen LogP contribution >= 0.6 is 0 Å². The number of carboxylic acids is 1. The van der Waals surface area contributed by atoms with Gasteiger partial charge < -0.3 is 19.7 Å². The van der Waals surface area contributed by atoms with Gasteiger partial charge in [0.15, 0.2) is 0 Å². The van der Waals surface area contributed by atoms with Gasteiger partial charge in [-0.15, -0.1) is 0 Å². The number of aliphatic hydroxyl groups excluding tert-OH is 1. The lowest BCUT2D eigenvalue weighted by Crippen LogP contribution is -2.40. The first kappa shape index (κ1) is 11.6. The van der Waals surface area contributed by atoms with Gasteiger partial charge in [-0.1, -0.05) is 0 Å². The molecule has 0 bridgehead atoms. The van der Waals surface area contributed by atoms with Crippen LogP contribution in [0.1, 0.15) is 16.9 Å². The summed E-state index contributed by atoms with van der Waals surface area (Å²) in [5, 5.41) is 18.4. The molecule has 0 radical (unpaired) electrons. The molecule has 2 N–H and O–H groups in total. The Balaban J connectivity index is 2.21. The van der Waals surface area contributed by atoms with Crippen LogP contribution in [0.3, 0.4) is 0 Å². The molecule has 2 heterocycles. The molecule has 2 rings (SSSR count). The molecule has 0 aromatic carbocycles. The van der Waals surface area contributed by atoms with Gasteiger partial charge in [0.25, 0.3) is 5.91 Å². The van der Waals surface area contributed by atoms with Crippen LogP contribution in [0, 0.1) is 0 Å². The Hall–Kier alpha value is -1.89. The maximum atomic E-state index is 12.0. The summed E-state index contributed by atoms with van der Waals surface area (Å²) in [6, 6.07) is -0.973. The number of aliphatic carboxylic acids is 1. The van der Waals surface area contributed by atoms with E-state index < -0.39 is 24.0 Å². The number of hydrogen-bond donors (Lipinski definition) is 2. The van der Waals surface area contributed by atoms with Crippen molar-refractivity contribution in [2.45, 2.75) is 18.6 Å². The predicted molar refractivity (Wildman–Crippen MR) is 56.3 cm³/mol. The van der Waals surface area contributed by atoms with Crippen LogP contribution in [0.4, 0.5) is 0 Å². The van der Waals surface area contributed by atoms with Gasteiger partial charge in [-0.3, -0.25) is 4.79 Å². The van der Waals surface area contributed by atoms with E-state index in [1.807, 2.05) is 0 Å². The SMILES string of the molecule is Cn1cnc(C(=O)N2C[C@@H](O)C[C@H]2C(=O)O)c1. The zero-order chi connectivity index (χ0) is 12.6. The van der Waals surface area contributed by atoms with Crippen molar-refractivity contribution < 1.29 is 19.8 Å². The van der Waals surface area contributed by atoms with E-state index in [0.29, 0.717) is 0 Å². The van der Waals surface area contributed by atoms with Crippen LogP contribution in [0.2, 0.25) is 0 Å². The predicted octanol–water partition coefficient (Wildman–Crippen LogP) is -0.920. The van der Waals surface area contributed by atoms with Gasteiger partial charge in [-0.25, -0.2) is 9.78 Å². The van der Waals surface area contributed by atoms with Gasteiger partial charge in [0.05, 0.1) is 12.4 Å². The molecule has 0 spiro atoms. The van der Waals surface area contributed by atoms with Gasteiger partial charge in [-0.2, -0.15) is 0 Å². The highest BCUT2D eigenvalue weighted by molar-refractivity contribution is 5.95. The fourth-order valence-electron chi connectivity index (χ4n) is 1.94. The van der Waals surface area contributed by atoms with Crippen molar-refractivity contribution in [1.29, 1.82) is 0 Å². The largest absolute Gasteiger partial charge is 0.480 e. The summed E-state index contributed by atoms with van der Waals surface area (Å²) < 4.78 is 1.61. The van der Waals surface area contributed by atoms with E-state index in [0.717, 1.165) is 4.90 Å². The quantitative estimate of drug-likeness (QED) is 0.696. The molecule has 92 valence electrons. The number of likely N-dealkylation sites (tertiary alicyclic amines) is 1. The highest BCUT2D eigenvalue weighted by Gasteiger charge is 2.39. The van der Waals surface area contributed by atoms with Crippen molar-refractivity contribution in [2.75, 3.05) is 6.54 Å². The first-order chi connectivity index (χ1) is 7.99. The average molecular weight is 239 g/mol. The molecule has 1 saturated heterocycles. The molecule has 1 amide bonds. The molecular formula is C10H13N3O4. The summed E-state index contributed by atoms with van der Waals surface area (Å²) in [5.74, 6) is -1.57. The molecular weight excluding hydrogens is 226 g/mol. The topological polar surface area (TPSA) is 95.7 Å². The Morgan fingerprint density at radius 1 is 1.53 bits per heavy atom. The lowest BCUT2D eigenvalue weighted by atomic mass is 10.2. The summed E-state index contributed by atoms with van der Waals surface area (Å²) in [6.45, 7) is 0.0341. The number of β-amino-alcohol motifs (C(OH)–C–C–N with tert-alkyl or cyclic N) is 1. The molecule has 0 aliphatic carbocycles. The zero-order valence-electron chi connectivity index (χ0n) is 9.28. The van der Waals surface area contributed by atoms with E-state index >= 15 is 0 Å². The third-order valence-corrected chi connectivity index (χ3v) is 2.75. The van der Waals surface area contributed by atoms with Crippen molar-refractivity contribution in [3.05, 3.63) is 18.2 Å². The molecule has 1 fully saturated rings. The van der Waals surface area contributed by atoms with E-state index in [2.05, 4.69) is 4.98 Å². The number of amides is 1. The maximum Gasteiger partial charge on any atom is 0.326 e. The van der Waals surface area contributed by atoms with E-state index in [9.17, 15) is 14.7 Å². The number of nitrogens with zero attached hydrogens (tertiary/aromatic N) is 3. The standard InChI is InChI=1S/C10H13N3O4/c1-12-4-7(11-5-12)9(15)13-3-6(14)2-8(13)10(16)17/h4-6,8,14H,2-3H2,1H3,(H,16,17)/t6-,8-/m0/s1. The van der Waals surface area contributed by atoms with Crippen molar-refractivity contribution in [2.24, 2.45) is 7.05 Å². The molecule has 0 unspecified atom stereocenters. The average Bonchev–Trinajstić information content (AvgIpc) is 2.83. The highest BCUT2D eigenvalue weighted by Crippen LogP contribution is 2.20. The fourth-order valence-corrected chi connectivity index (χ4v) is 1.94. The maximum absolute atomic E-state index is 12.0. The summed E-state index contributed by atoms with van der Waals surface area (Å²) in [6.07, 6.45) is 2.26. The van der Waals surface area contributed by atoms with E-state index in [-0.39, 0.29) is 18.7 Å². The number of carbonyl (C=O) groups is 2. The zero-order valence-corrected chi connectivity index (χ0v) is 9.28. The fraction of sp³-hybridized carbons (Fsp3) is 0.500. The highest BCUT2D eigenvalue weighted by atomic mass is 16.4. The first-order valence-corrected chi connectivity index (χ1v) is 5.19. The molecule has 7 heteroatoms. The monoisotopic (exact) mass is 239 g/mol. The molecule has 2 atom stereocenters. The second-order valence-corrected chi connectivity index (χ2v) is 4.13. The minimum atomic E-state index is -1.11. The normalized spacial score (nSPS) is 24.0. The first-order valence-electron chi connectivity index (χ1n) is 5.19. The summed E-state index contributed by atoms with van der Waals surface area (Å²) >= 11 is 0. The van der Waals surface area contributed by atoms with Gasteiger partial charge in [0.1, 0.15) is 11.7 Å². The summed E-state index contributed by atoms with van der Waals surface area (Å²) in [4.78, 5) is 28.0. The molecule has 1 aromatic rings. The van der Waals surface area contributed by atoms with Gasteiger partial charge in [0.2, 0.25) is 0 Å². The van der Waals surface area contributed by atoms with Gasteiger partial charge in [-0.05, 0) is 0 Å². The summed E-state index contributed by atoms with van der Waals surface area (Å²) in [7, 11) is 1.72. The second kappa shape index (κ2) is 4.17. The number of aryl methyl sites for hydroxylation is 1. The lowest BCUT2D eigenvalue weighted by molar-refractivity contribution is -0.141. The van der Waals surface area contributed by atoms with Gasteiger partial charge in [0, 0.05) is 26.2 Å². The lowest BCUT2D eigenvalue weighted by Gasteiger charge is -2.19. The molecule has 7 nitrogen and oxygen atoms in total. The number of carbonyl (C=O) groups excluding carboxylic acids is 1. The van der Waals surface area contributed by atoms with Crippen LogP contribution in [0.5, 0.6) is 0 Å². The Morgan fingerprint density at radius 2 is 2.24 bits per heavy atom. The number of aliphatic hydroxyl groups is 1. The molecule has 0 saturated carbocycles. The third kappa shape index (κ3) is 2.14. The van der Waals surface area contributed by atoms with Crippen LogP contribution in [-0.4, -0.2) is 55.2 Å².